The number of rotatable bonds is 6. The van der Waals surface area contributed by atoms with Crippen LogP contribution in [0.3, 0.4) is 0 Å². The van der Waals surface area contributed by atoms with E-state index in [0.29, 0.717) is 18.7 Å². The van der Waals surface area contributed by atoms with Crippen molar-refractivity contribution in [2.24, 2.45) is 0 Å². The lowest BCUT2D eigenvalue weighted by atomic mass is 10.1. The zero-order valence-electron chi connectivity index (χ0n) is 19.5. The Morgan fingerprint density at radius 1 is 1.08 bits per heavy atom. The zero-order chi connectivity index (χ0) is 26.9. The van der Waals surface area contributed by atoms with Crippen molar-refractivity contribution in [3.63, 3.8) is 0 Å². The second-order valence-electron chi connectivity index (χ2n) is 8.43. The molecule has 8 nitrogen and oxygen atoms in total. The van der Waals surface area contributed by atoms with E-state index in [-0.39, 0.29) is 39.6 Å². The smallest absolute Gasteiger partial charge is 0.391 e. The number of carbonyl (C=O) groups excluding carboxylic acids is 4. The van der Waals surface area contributed by atoms with E-state index in [1.165, 1.54) is 48.5 Å². The van der Waals surface area contributed by atoms with Crippen LogP contribution >= 0.6 is 0 Å². The van der Waals surface area contributed by atoms with E-state index in [9.17, 15) is 36.7 Å². The molecule has 0 aromatic heterocycles. The fourth-order valence-corrected chi connectivity index (χ4v) is 4.27. The van der Waals surface area contributed by atoms with Crippen LogP contribution in [0.5, 0.6) is 0 Å². The molecule has 0 radical (unpaired) electrons. The van der Waals surface area contributed by atoms with Crippen molar-refractivity contribution in [2.45, 2.75) is 25.1 Å². The highest BCUT2D eigenvalue weighted by atomic mass is 19.4. The van der Waals surface area contributed by atoms with Gasteiger partial charge in [0, 0.05) is 12.2 Å². The highest BCUT2D eigenvalue weighted by Gasteiger charge is 2.47. The van der Waals surface area contributed by atoms with Gasteiger partial charge in [-0.2, -0.15) is 13.2 Å². The van der Waals surface area contributed by atoms with E-state index in [1.54, 1.807) is 4.90 Å². The largest absolute Gasteiger partial charge is 0.465 e. The first-order valence-electron chi connectivity index (χ1n) is 11.2. The number of anilines is 2. The Bertz CT molecular complexity index is 1270. The summed E-state index contributed by atoms with van der Waals surface area (Å²) in [6, 6.07) is 7.26. The highest BCUT2D eigenvalue weighted by Crippen LogP contribution is 2.32. The first-order valence-corrected chi connectivity index (χ1v) is 11.2. The molecule has 194 valence electrons. The monoisotopic (exact) mass is 519 g/mol. The van der Waals surface area contributed by atoms with E-state index in [4.69, 9.17) is 4.74 Å². The number of hydrogen-bond acceptors (Lipinski definition) is 6. The van der Waals surface area contributed by atoms with Crippen LogP contribution in [-0.4, -0.2) is 61.0 Å². The summed E-state index contributed by atoms with van der Waals surface area (Å²) in [5.74, 6) is -4.66. The van der Waals surface area contributed by atoms with E-state index in [1.807, 2.05) is 0 Å². The molecule has 0 bridgehead atoms. The number of amides is 3. The third kappa shape index (κ3) is 5.32. The van der Waals surface area contributed by atoms with Gasteiger partial charge in [0.15, 0.2) is 0 Å². The number of halogens is 4. The lowest BCUT2D eigenvalue weighted by Gasteiger charge is -2.28. The first kappa shape index (κ1) is 25.9. The van der Waals surface area contributed by atoms with Gasteiger partial charge in [0.1, 0.15) is 11.9 Å². The van der Waals surface area contributed by atoms with Crippen molar-refractivity contribution in [1.82, 2.24) is 4.90 Å². The molecule has 37 heavy (non-hydrogen) atoms. The standard InChI is InChI=1S/C25H21F4N3O5/c1-37-24(36)18-11-15(31-10-4-5-14(26)13-31)8-9-19(18)30-21(33)20(12-25(27,28)29)32-22(34)16-6-2-3-7-17(16)23(32)35/h2-3,5-9,11,20H,4,10,12-13H2,1H3,(H,30,33)/t20-/m0/s1. The number of alkyl halides is 3. The van der Waals surface area contributed by atoms with Gasteiger partial charge in [-0.3, -0.25) is 19.3 Å². The number of nitrogens with one attached hydrogen (secondary N) is 1. The topological polar surface area (TPSA) is 96.0 Å². The van der Waals surface area contributed by atoms with Crippen molar-refractivity contribution in [2.75, 3.05) is 30.4 Å². The Labute approximate surface area is 208 Å². The predicted octanol–water partition coefficient (Wildman–Crippen LogP) is 4.09. The molecule has 2 aliphatic heterocycles. The summed E-state index contributed by atoms with van der Waals surface area (Å²) in [4.78, 5) is 53.1. The summed E-state index contributed by atoms with van der Waals surface area (Å²) in [5, 5.41) is 2.24. The minimum absolute atomic E-state index is 0.0419. The molecular formula is C25H21F4N3O5. The number of methoxy groups -OCH3 is 1. The van der Waals surface area contributed by atoms with Gasteiger partial charge in [0.25, 0.3) is 11.8 Å². The quantitative estimate of drug-likeness (QED) is 0.351. The summed E-state index contributed by atoms with van der Waals surface area (Å²) in [5.41, 5.74) is -0.201. The van der Waals surface area contributed by atoms with Crippen LogP contribution < -0.4 is 10.2 Å². The van der Waals surface area contributed by atoms with Crippen LogP contribution in [0.15, 0.2) is 54.4 Å². The molecule has 2 aromatic carbocycles. The van der Waals surface area contributed by atoms with Gasteiger partial charge >= 0.3 is 12.1 Å². The van der Waals surface area contributed by atoms with Gasteiger partial charge in [-0.1, -0.05) is 12.1 Å². The molecule has 1 atom stereocenters. The molecule has 2 heterocycles. The number of benzene rings is 2. The van der Waals surface area contributed by atoms with Crippen molar-refractivity contribution >= 4 is 35.1 Å². The molecule has 1 N–H and O–H groups in total. The highest BCUT2D eigenvalue weighted by molar-refractivity contribution is 6.23. The van der Waals surface area contributed by atoms with Crippen molar-refractivity contribution in [3.8, 4) is 0 Å². The molecule has 0 unspecified atom stereocenters. The number of nitrogens with zero attached hydrogens (tertiary/aromatic N) is 2. The number of esters is 1. The van der Waals surface area contributed by atoms with Gasteiger partial charge in [-0.25, -0.2) is 9.18 Å². The maximum absolute atomic E-state index is 13.7. The maximum atomic E-state index is 13.7. The van der Waals surface area contributed by atoms with Crippen LogP contribution in [0, 0.1) is 0 Å². The molecule has 4 rings (SSSR count). The molecular weight excluding hydrogens is 498 g/mol. The molecule has 0 spiro atoms. The van der Waals surface area contributed by atoms with Gasteiger partial charge < -0.3 is 15.0 Å². The number of hydrogen-bond donors (Lipinski definition) is 1. The lowest BCUT2D eigenvalue weighted by molar-refractivity contribution is -0.151. The third-order valence-electron chi connectivity index (χ3n) is 6.00. The van der Waals surface area contributed by atoms with E-state index in [0.717, 1.165) is 7.11 Å². The van der Waals surface area contributed by atoms with Gasteiger partial charge in [0.05, 0.1) is 42.5 Å². The second-order valence-corrected chi connectivity index (χ2v) is 8.43. The maximum Gasteiger partial charge on any atom is 0.391 e. The molecule has 0 fully saturated rings. The zero-order valence-corrected chi connectivity index (χ0v) is 19.5. The van der Waals surface area contributed by atoms with Crippen molar-refractivity contribution in [3.05, 3.63) is 71.1 Å². The average molecular weight is 519 g/mol. The number of carbonyl (C=O) groups is 4. The van der Waals surface area contributed by atoms with Crippen molar-refractivity contribution in [1.29, 1.82) is 0 Å². The van der Waals surface area contributed by atoms with Crippen LogP contribution in [0.25, 0.3) is 0 Å². The minimum Gasteiger partial charge on any atom is -0.465 e. The minimum atomic E-state index is -4.90. The molecule has 0 saturated carbocycles. The molecule has 0 aliphatic carbocycles. The summed E-state index contributed by atoms with van der Waals surface area (Å²) >= 11 is 0. The second kappa shape index (κ2) is 10.0. The van der Waals surface area contributed by atoms with Crippen LogP contribution in [-0.2, 0) is 9.53 Å². The molecule has 12 heteroatoms. The summed E-state index contributed by atoms with van der Waals surface area (Å²) in [7, 11) is 1.08. The summed E-state index contributed by atoms with van der Waals surface area (Å²) in [6.45, 7) is 0.410. The fraction of sp³-hybridized carbons (Fsp3) is 0.280. The molecule has 0 saturated heterocycles. The predicted molar refractivity (Wildman–Crippen MR) is 124 cm³/mol. The van der Waals surface area contributed by atoms with Crippen LogP contribution in [0.2, 0.25) is 0 Å². The Kier molecular flexibility index (Phi) is 7.01. The number of fused-ring (bicyclic) bond motifs is 1. The van der Waals surface area contributed by atoms with E-state index < -0.39 is 42.3 Å². The average Bonchev–Trinajstić information content (AvgIpc) is 3.11. The Morgan fingerprint density at radius 3 is 2.30 bits per heavy atom. The Balaban J connectivity index is 1.66. The fourth-order valence-electron chi connectivity index (χ4n) is 4.27. The van der Waals surface area contributed by atoms with E-state index >= 15 is 0 Å². The number of ether oxygens (including phenoxy) is 1. The molecule has 2 aromatic rings. The van der Waals surface area contributed by atoms with Crippen LogP contribution in [0.4, 0.5) is 28.9 Å². The van der Waals surface area contributed by atoms with Gasteiger partial charge in [-0.05, 0) is 42.8 Å². The summed E-state index contributed by atoms with van der Waals surface area (Å²) < 4.78 is 58.8. The van der Waals surface area contributed by atoms with Gasteiger partial charge in [0.2, 0.25) is 5.91 Å². The molecule has 2 aliphatic rings. The molecule has 3 amide bonds. The lowest BCUT2D eigenvalue weighted by Crippen LogP contribution is -2.49. The van der Waals surface area contributed by atoms with Crippen molar-refractivity contribution < 1.29 is 41.5 Å². The number of imide groups is 1. The SMILES string of the molecule is COC(=O)c1cc(N2CCC=C(F)C2)ccc1NC(=O)[C@H](CC(F)(F)F)N1C(=O)c2ccccc2C1=O. The van der Waals surface area contributed by atoms with Gasteiger partial charge in [-0.15, -0.1) is 0 Å². The third-order valence-corrected chi connectivity index (χ3v) is 6.00. The summed E-state index contributed by atoms with van der Waals surface area (Å²) in [6.07, 6.45) is -4.84. The Hall–Kier alpha value is -4.22. The Morgan fingerprint density at radius 2 is 1.73 bits per heavy atom. The normalized spacial score (nSPS) is 16.3. The van der Waals surface area contributed by atoms with Crippen LogP contribution in [0.1, 0.15) is 43.9 Å². The first-order chi connectivity index (χ1) is 17.5. The van der Waals surface area contributed by atoms with E-state index in [2.05, 4.69) is 5.32 Å².